The quantitative estimate of drug-likeness (QED) is 0.517. The van der Waals surface area contributed by atoms with Crippen LogP contribution in [0.15, 0.2) is 48.7 Å². The highest BCUT2D eigenvalue weighted by molar-refractivity contribution is 5.79. The Morgan fingerprint density at radius 3 is 2.50 bits per heavy atom. The molecule has 0 aliphatic rings. The Morgan fingerprint density at radius 2 is 1.77 bits per heavy atom. The SMILES string of the molecule is CCOC(=O)COC(=O)C(C)Oc1ccc(Oc2cnc3cc(F)ccc3n2)cc1. The van der Waals surface area contributed by atoms with Crippen LogP contribution in [0.4, 0.5) is 4.39 Å². The van der Waals surface area contributed by atoms with Crippen molar-refractivity contribution in [1.82, 2.24) is 9.97 Å². The van der Waals surface area contributed by atoms with Gasteiger partial charge < -0.3 is 18.9 Å². The third kappa shape index (κ3) is 5.63. The van der Waals surface area contributed by atoms with E-state index in [0.717, 1.165) is 0 Å². The molecule has 0 fully saturated rings. The summed E-state index contributed by atoms with van der Waals surface area (Å²) in [4.78, 5) is 31.5. The molecule has 0 aliphatic heterocycles. The molecule has 0 bridgehead atoms. The maximum absolute atomic E-state index is 13.2. The number of carbonyl (C=O) groups excluding carboxylic acids is 2. The van der Waals surface area contributed by atoms with E-state index in [1.807, 2.05) is 0 Å². The number of ether oxygens (including phenoxy) is 4. The Bertz CT molecular complexity index is 1040. The molecule has 0 spiro atoms. The first-order valence-electron chi connectivity index (χ1n) is 9.13. The number of benzene rings is 2. The van der Waals surface area contributed by atoms with Crippen LogP contribution in [-0.4, -0.2) is 41.2 Å². The van der Waals surface area contributed by atoms with E-state index in [9.17, 15) is 14.0 Å². The number of nitrogens with zero attached hydrogens (tertiary/aromatic N) is 2. The Morgan fingerprint density at radius 1 is 1.03 bits per heavy atom. The van der Waals surface area contributed by atoms with Gasteiger partial charge in [0.1, 0.15) is 17.3 Å². The molecule has 30 heavy (non-hydrogen) atoms. The zero-order valence-corrected chi connectivity index (χ0v) is 16.3. The summed E-state index contributed by atoms with van der Waals surface area (Å²) in [6.07, 6.45) is 0.478. The number of aromatic nitrogens is 2. The van der Waals surface area contributed by atoms with E-state index < -0.39 is 24.6 Å². The fourth-order valence-corrected chi connectivity index (χ4v) is 2.43. The largest absolute Gasteiger partial charge is 0.479 e. The molecular formula is C21H19FN2O6. The minimum Gasteiger partial charge on any atom is -0.479 e. The molecule has 1 heterocycles. The van der Waals surface area contributed by atoms with Crippen LogP contribution in [0.1, 0.15) is 13.8 Å². The summed E-state index contributed by atoms with van der Waals surface area (Å²) in [6, 6.07) is 10.6. The second-order valence-corrected chi connectivity index (χ2v) is 6.09. The molecule has 1 unspecified atom stereocenters. The second-order valence-electron chi connectivity index (χ2n) is 6.09. The number of esters is 2. The van der Waals surface area contributed by atoms with Crippen LogP contribution >= 0.6 is 0 Å². The fourth-order valence-electron chi connectivity index (χ4n) is 2.43. The Hall–Kier alpha value is -3.75. The lowest BCUT2D eigenvalue weighted by Gasteiger charge is -2.14. The number of fused-ring (bicyclic) bond motifs is 1. The molecule has 0 saturated heterocycles. The summed E-state index contributed by atoms with van der Waals surface area (Å²) in [6.45, 7) is 2.91. The Labute approximate surface area is 171 Å². The van der Waals surface area contributed by atoms with Crippen LogP contribution in [0.25, 0.3) is 11.0 Å². The first kappa shape index (κ1) is 21.0. The number of hydrogen-bond acceptors (Lipinski definition) is 8. The molecule has 0 amide bonds. The van der Waals surface area contributed by atoms with E-state index >= 15 is 0 Å². The highest BCUT2D eigenvalue weighted by Crippen LogP contribution is 2.24. The first-order valence-corrected chi connectivity index (χ1v) is 9.13. The first-order chi connectivity index (χ1) is 14.4. The average molecular weight is 414 g/mol. The van der Waals surface area contributed by atoms with Crippen molar-refractivity contribution in [2.45, 2.75) is 20.0 Å². The molecule has 2 aromatic carbocycles. The van der Waals surface area contributed by atoms with Crippen molar-refractivity contribution in [2.75, 3.05) is 13.2 Å². The van der Waals surface area contributed by atoms with Crippen LogP contribution in [-0.2, 0) is 19.1 Å². The van der Waals surface area contributed by atoms with Crippen molar-refractivity contribution in [1.29, 1.82) is 0 Å². The van der Waals surface area contributed by atoms with Crippen molar-refractivity contribution in [3.63, 3.8) is 0 Å². The van der Waals surface area contributed by atoms with Crippen molar-refractivity contribution in [2.24, 2.45) is 0 Å². The van der Waals surface area contributed by atoms with Gasteiger partial charge >= 0.3 is 11.9 Å². The van der Waals surface area contributed by atoms with Gasteiger partial charge in [-0.25, -0.2) is 23.9 Å². The summed E-state index contributed by atoms with van der Waals surface area (Å²) in [7, 11) is 0. The molecular weight excluding hydrogens is 395 g/mol. The minimum absolute atomic E-state index is 0.209. The molecule has 0 saturated carbocycles. The van der Waals surface area contributed by atoms with E-state index in [2.05, 4.69) is 14.7 Å². The monoisotopic (exact) mass is 414 g/mol. The van der Waals surface area contributed by atoms with E-state index in [0.29, 0.717) is 22.5 Å². The van der Waals surface area contributed by atoms with Crippen LogP contribution in [0.5, 0.6) is 17.4 Å². The van der Waals surface area contributed by atoms with Crippen LogP contribution in [0, 0.1) is 5.82 Å². The normalized spacial score (nSPS) is 11.6. The van der Waals surface area contributed by atoms with E-state index in [-0.39, 0.29) is 18.3 Å². The molecule has 3 rings (SSSR count). The van der Waals surface area contributed by atoms with Gasteiger partial charge in [0, 0.05) is 6.07 Å². The van der Waals surface area contributed by atoms with Gasteiger partial charge in [0.15, 0.2) is 12.7 Å². The van der Waals surface area contributed by atoms with Crippen LogP contribution in [0.2, 0.25) is 0 Å². The van der Waals surface area contributed by atoms with Gasteiger partial charge in [-0.15, -0.1) is 0 Å². The molecule has 1 aromatic heterocycles. The molecule has 0 aliphatic carbocycles. The topological polar surface area (TPSA) is 96.8 Å². The smallest absolute Gasteiger partial charge is 0.347 e. The van der Waals surface area contributed by atoms with Gasteiger partial charge in [0.2, 0.25) is 5.88 Å². The minimum atomic E-state index is -0.919. The molecule has 9 heteroatoms. The lowest BCUT2D eigenvalue weighted by molar-refractivity contribution is -0.162. The number of carbonyl (C=O) groups is 2. The second kappa shape index (κ2) is 9.64. The summed E-state index contributed by atoms with van der Waals surface area (Å²) in [5.41, 5.74) is 0.930. The molecule has 156 valence electrons. The third-order valence-corrected chi connectivity index (χ3v) is 3.81. The number of hydrogen-bond donors (Lipinski definition) is 0. The zero-order chi connectivity index (χ0) is 21.5. The average Bonchev–Trinajstić information content (AvgIpc) is 2.73. The van der Waals surface area contributed by atoms with E-state index in [4.69, 9.17) is 14.2 Å². The summed E-state index contributed by atoms with van der Waals surface area (Å²) < 4.78 is 33.9. The lowest BCUT2D eigenvalue weighted by atomic mass is 10.3. The number of rotatable bonds is 8. The predicted octanol–water partition coefficient (Wildman–Crippen LogP) is 3.43. The summed E-state index contributed by atoms with van der Waals surface area (Å²) >= 11 is 0. The van der Waals surface area contributed by atoms with Gasteiger partial charge in [-0.1, -0.05) is 0 Å². The van der Waals surface area contributed by atoms with Crippen molar-refractivity contribution >= 4 is 23.0 Å². The maximum Gasteiger partial charge on any atom is 0.347 e. The standard InChI is InChI=1S/C21H19FN2O6/c1-3-27-20(25)12-28-21(26)13(2)29-15-5-7-16(8-6-15)30-19-11-23-18-10-14(22)4-9-17(18)24-19/h4-11,13H,3,12H2,1-2H3. The Balaban J connectivity index is 1.56. The van der Waals surface area contributed by atoms with Gasteiger partial charge in [-0.2, -0.15) is 0 Å². The van der Waals surface area contributed by atoms with Gasteiger partial charge in [-0.3, -0.25) is 0 Å². The summed E-state index contributed by atoms with van der Waals surface area (Å²) in [5.74, 6) is -0.579. The zero-order valence-electron chi connectivity index (χ0n) is 16.3. The fraction of sp³-hybridized carbons (Fsp3) is 0.238. The van der Waals surface area contributed by atoms with Crippen LogP contribution < -0.4 is 9.47 Å². The number of halogens is 1. The summed E-state index contributed by atoms with van der Waals surface area (Å²) in [5, 5.41) is 0. The third-order valence-electron chi connectivity index (χ3n) is 3.81. The Kier molecular flexibility index (Phi) is 6.74. The van der Waals surface area contributed by atoms with Crippen molar-refractivity contribution in [3.05, 3.63) is 54.5 Å². The van der Waals surface area contributed by atoms with E-state index in [1.54, 1.807) is 31.2 Å². The van der Waals surface area contributed by atoms with E-state index in [1.165, 1.54) is 31.3 Å². The molecule has 8 nitrogen and oxygen atoms in total. The van der Waals surface area contributed by atoms with Crippen molar-refractivity contribution < 1.29 is 32.9 Å². The van der Waals surface area contributed by atoms with Gasteiger partial charge in [0.25, 0.3) is 0 Å². The van der Waals surface area contributed by atoms with Crippen molar-refractivity contribution in [3.8, 4) is 17.4 Å². The van der Waals surface area contributed by atoms with Crippen LogP contribution in [0.3, 0.4) is 0 Å². The predicted molar refractivity (Wildman–Crippen MR) is 104 cm³/mol. The molecule has 3 aromatic rings. The maximum atomic E-state index is 13.2. The lowest BCUT2D eigenvalue weighted by Crippen LogP contribution is -2.28. The van der Waals surface area contributed by atoms with Gasteiger partial charge in [-0.05, 0) is 50.2 Å². The molecule has 0 N–H and O–H groups in total. The highest BCUT2D eigenvalue weighted by Gasteiger charge is 2.18. The molecule has 0 radical (unpaired) electrons. The molecule has 1 atom stereocenters. The van der Waals surface area contributed by atoms with Gasteiger partial charge in [0.05, 0.1) is 23.8 Å². The highest BCUT2D eigenvalue weighted by atomic mass is 19.1.